The number of halogens is 1. The van der Waals surface area contributed by atoms with Crippen LogP contribution in [-0.2, 0) is 14.8 Å². The van der Waals surface area contributed by atoms with Crippen LogP contribution in [0.4, 0.5) is 0 Å². The predicted octanol–water partition coefficient (Wildman–Crippen LogP) is 2.18. The molecule has 0 spiro atoms. The number of sulfonamides is 1. The number of carbonyl (C=O) groups is 1. The first kappa shape index (κ1) is 17.8. The number of pyridine rings is 1. The summed E-state index contributed by atoms with van der Waals surface area (Å²) >= 11 is 3.37. The molecule has 1 atom stereocenters. The third-order valence-corrected chi connectivity index (χ3v) is 5.41. The number of hydrogen-bond donors (Lipinski definition) is 2. The van der Waals surface area contributed by atoms with Gasteiger partial charge in [-0.2, -0.15) is 0 Å². The number of nitrogens with two attached hydrogens (primary N) is 1. The molecule has 1 aromatic carbocycles. The van der Waals surface area contributed by atoms with Crippen LogP contribution in [0.25, 0.3) is 10.8 Å². The maximum Gasteiger partial charge on any atom is 0.264 e. The molecule has 0 saturated carbocycles. The Kier molecular flexibility index (Phi) is 5.38. The number of amides is 1. The fraction of sp³-hybridized carbons (Fsp3) is 0.333. The highest BCUT2D eigenvalue weighted by Gasteiger charge is 2.24. The van der Waals surface area contributed by atoms with Gasteiger partial charge in [0.25, 0.3) is 15.9 Å². The fourth-order valence-corrected chi connectivity index (χ4v) is 3.94. The zero-order valence-electron chi connectivity index (χ0n) is 12.8. The molecule has 0 aliphatic heterocycles. The molecule has 2 rings (SSSR count). The Hall–Kier alpha value is -1.51. The molecule has 0 aliphatic carbocycles. The third-order valence-electron chi connectivity index (χ3n) is 3.31. The minimum atomic E-state index is -4.02. The summed E-state index contributed by atoms with van der Waals surface area (Å²) in [7, 11) is -4.02. The van der Waals surface area contributed by atoms with E-state index in [-0.39, 0.29) is 10.8 Å². The Morgan fingerprint density at radius 1 is 1.30 bits per heavy atom. The van der Waals surface area contributed by atoms with Crippen molar-refractivity contribution in [2.75, 3.05) is 0 Å². The van der Waals surface area contributed by atoms with Gasteiger partial charge in [0.05, 0.1) is 10.9 Å². The van der Waals surface area contributed by atoms with E-state index in [0.29, 0.717) is 17.2 Å². The van der Waals surface area contributed by atoms with E-state index in [1.54, 1.807) is 18.3 Å². The topological polar surface area (TPSA) is 102 Å². The van der Waals surface area contributed by atoms with E-state index in [1.807, 2.05) is 13.8 Å². The van der Waals surface area contributed by atoms with Crippen LogP contribution in [0.5, 0.6) is 0 Å². The lowest BCUT2D eigenvalue weighted by Gasteiger charge is -2.15. The predicted molar refractivity (Wildman–Crippen MR) is 92.2 cm³/mol. The van der Waals surface area contributed by atoms with Crippen LogP contribution < -0.4 is 10.5 Å². The van der Waals surface area contributed by atoms with E-state index in [9.17, 15) is 13.2 Å². The van der Waals surface area contributed by atoms with Crippen molar-refractivity contribution >= 4 is 42.6 Å². The van der Waals surface area contributed by atoms with Crippen LogP contribution in [0.3, 0.4) is 0 Å². The van der Waals surface area contributed by atoms with Crippen molar-refractivity contribution in [3.8, 4) is 0 Å². The normalized spacial score (nSPS) is 13.3. The molecular weight excluding hydrogens is 382 g/mol. The molecular formula is C15H18BrN3O3S. The second kappa shape index (κ2) is 6.94. The Balaban J connectivity index is 2.38. The molecule has 0 radical (unpaired) electrons. The van der Waals surface area contributed by atoms with Gasteiger partial charge in [-0.05, 0) is 30.5 Å². The van der Waals surface area contributed by atoms with Gasteiger partial charge in [0.1, 0.15) is 0 Å². The summed E-state index contributed by atoms with van der Waals surface area (Å²) in [4.78, 5) is 16.0. The maximum atomic E-state index is 12.5. The lowest BCUT2D eigenvalue weighted by molar-refractivity contribution is -0.120. The van der Waals surface area contributed by atoms with Crippen LogP contribution in [0.15, 0.2) is 40.0 Å². The number of benzene rings is 1. The summed E-state index contributed by atoms with van der Waals surface area (Å²) in [5.74, 6) is -0.519. The number of aromatic nitrogens is 1. The first-order valence-corrected chi connectivity index (χ1v) is 9.34. The second-order valence-corrected chi connectivity index (χ2v) is 8.18. The number of carbonyl (C=O) groups excluding carboxylic acids is 1. The smallest absolute Gasteiger partial charge is 0.264 e. The molecule has 0 unspecified atom stereocenters. The van der Waals surface area contributed by atoms with Crippen molar-refractivity contribution in [3.63, 3.8) is 0 Å². The Labute approximate surface area is 143 Å². The van der Waals surface area contributed by atoms with Gasteiger partial charge in [-0.15, -0.1) is 0 Å². The fourth-order valence-electron chi connectivity index (χ4n) is 2.24. The minimum Gasteiger partial charge on any atom is -0.320 e. The summed E-state index contributed by atoms with van der Waals surface area (Å²) in [6.45, 7) is 3.82. The van der Waals surface area contributed by atoms with Crippen molar-refractivity contribution in [2.24, 2.45) is 11.7 Å². The molecule has 0 bridgehead atoms. The monoisotopic (exact) mass is 399 g/mol. The number of rotatable bonds is 5. The number of nitrogens with zero attached hydrogens (tertiary/aromatic N) is 1. The lowest BCUT2D eigenvalue weighted by Crippen LogP contribution is -2.44. The number of fused-ring (bicyclic) bond motifs is 1. The van der Waals surface area contributed by atoms with E-state index >= 15 is 0 Å². The first-order chi connectivity index (χ1) is 10.7. The Bertz CT molecular complexity index is 837. The van der Waals surface area contributed by atoms with E-state index in [0.717, 1.165) is 4.47 Å². The third kappa shape index (κ3) is 4.07. The van der Waals surface area contributed by atoms with E-state index < -0.39 is 22.0 Å². The highest BCUT2D eigenvalue weighted by Crippen LogP contribution is 2.28. The van der Waals surface area contributed by atoms with Crippen LogP contribution in [0, 0.1) is 5.92 Å². The van der Waals surface area contributed by atoms with Gasteiger partial charge in [0.15, 0.2) is 0 Å². The molecule has 8 heteroatoms. The number of nitrogens with one attached hydrogen (secondary N) is 1. The van der Waals surface area contributed by atoms with Gasteiger partial charge >= 0.3 is 0 Å². The second-order valence-electron chi connectivity index (χ2n) is 5.67. The molecule has 23 heavy (non-hydrogen) atoms. The molecule has 3 N–H and O–H groups in total. The molecule has 1 amide bonds. The quantitative estimate of drug-likeness (QED) is 0.801. The molecule has 0 aliphatic rings. The van der Waals surface area contributed by atoms with Crippen molar-refractivity contribution in [1.29, 1.82) is 0 Å². The summed E-state index contributed by atoms with van der Waals surface area (Å²) in [5.41, 5.74) is 5.74. The summed E-state index contributed by atoms with van der Waals surface area (Å²) < 4.78 is 27.9. The van der Waals surface area contributed by atoms with E-state index in [4.69, 9.17) is 5.73 Å². The highest BCUT2D eigenvalue weighted by atomic mass is 79.9. The lowest BCUT2D eigenvalue weighted by atomic mass is 10.0. The molecule has 2 aromatic rings. The van der Waals surface area contributed by atoms with Gasteiger partial charge < -0.3 is 5.73 Å². The van der Waals surface area contributed by atoms with Crippen molar-refractivity contribution in [2.45, 2.75) is 31.2 Å². The molecule has 6 nitrogen and oxygen atoms in total. The molecule has 1 heterocycles. The zero-order chi connectivity index (χ0) is 17.2. The van der Waals surface area contributed by atoms with Gasteiger partial charge in [0.2, 0.25) is 0 Å². The van der Waals surface area contributed by atoms with E-state index in [2.05, 4.69) is 25.6 Å². The Morgan fingerprint density at radius 3 is 2.65 bits per heavy atom. The molecule has 1 aromatic heterocycles. The first-order valence-electron chi connectivity index (χ1n) is 7.07. The van der Waals surface area contributed by atoms with Crippen molar-refractivity contribution in [3.05, 3.63) is 35.1 Å². The van der Waals surface area contributed by atoms with Crippen LogP contribution in [0.1, 0.15) is 20.3 Å². The van der Waals surface area contributed by atoms with Gasteiger partial charge in [-0.25, -0.2) is 13.1 Å². The maximum absolute atomic E-state index is 12.5. The number of hydrogen-bond acceptors (Lipinski definition) is 5. The van der Waals surface area contributed by atoms with Gasteiger partial charge in [-0.1, -0.05) is 29.8 Å². The average molecular weight is 400 g/mol. The minimum absolute atomic E-state index is 0.00565. The SMILES string of the molecule is CC(C)C[C@H](N)C(=O)NS(=O)(=O)c1ccc(Br)c2ccncc12. The Morgan fingerprint density at radius 2 is 2.00 bits per heavy atom. The molecule has 0 fully saturated rings. The van der Waals surface area contributed by atoms with Crippen molar-refractivity contribution in [1.82, 2.24) is 9.71 Å². The van der Waals surface area contributed by atoms with E-state index in [1.165, 1.54) is 12.3 Å². The zero-order valence-corrected chi connectivity index (χ0v) is 15.2. The van der Waals surface area contributed by atoms with Gasteiger partial charge in [0, 0.05) is 27.6 Å². The molecule has 0 saturated heterocycles. The summed E-state index contributed by atoms with van der Waals surface area (Å²) in [6, 6.07) is 3.88. The standard InChI is InChI=1S/C15H18BrN3O3S/c1-9(2)7-13(17)15(20)19-23(21,22)14-4-3-12(16)10-5-6-18-8-11(10)14/h3-6,8-9,13H,7,17H2,1-2H3,(H,19,20)/t13-/m0/s1. The van der Waals surface area contributed by atoms with Crippen molar-refractivity contribution < 1.29 is 13.2 Å². The summed E-state index contributed by atoms with van der Waals surface area (Å²) in [6.07, 6.45) is 3.43. The largest absolute Gasteiger partial charge is 0.320 e. The van der Waals surface area contributed by atoms with Crippen LogP contribution in [-0.4, -0.2) is 25.4 Å². The summed E-state index contributed by atoms with van der Waals surface area (Å²) in [5, 5.41) is 1.13. The van der Waals surface area contributed by atoms with Gasteiger partial charge in [-0.3, -0.25) is 9.78 Å². The molecule has 124 valence electrons. The highest BCUT2D eigenvalue weighted by molar-refractivity contribution is 9.10. The van der Waals surface area contributed by atoms with Crippen LogP contribution in [0.2, 0.25) is 0 Å². The van der Waals surface area contributed by atoms with Crippen LogP contribution >= 0.6 is 15.9 Å². The average Bonchev–Trinajstić information content (AvgIpc) is 2.46.